The summed E-state index contributed by atoms with van der Waals surface area (Å²) in [7, 11) is 0. The molecule has 19 heavy (non-hydrogen) atoms. The van der Waals surface area contributed by atoms with Crippen molar-refractivity contribution < 1.29 is 9.21 Å². The van der Waals surface area contributed by atoms with Crippen molar-refractivity contribution in [1.29, 1.82) is 0 Å². The molecule has 0 aliphatic heterocycles. The third-order valence-corrected chi connectivity index (χ3v) is 4.70. The summed E-state index contributed by atoms with van der Waals surface area (Å²) in [5, 5.41) is 3.04. The summed E-state index contributed by atoms with van der Waals surface area (Å²) in [6.45, 7) is 2.65. The van der Waals surface area contributed by atoms with Gasteiger partial charge in [-0.1, -0.05) is 26.2 Å². The van der Waals surface area contributed by atoms with Crippen LogP contribution in [0, 0.1) is 5.41 Å². The predicted octanol–water partition coefficient (Wildman–Crippen LogP) is 3.76. The molecule has 2 rings (SSSR count). The molecule has 1 fully saturated rings. The number of carbonyl (C=O) groups excluding carboxylic acids is 1. The van der Waals surface area contributed by atoms with Crippen LogP contribution < -0.4 is 5.32 Å². The molecule has 106 valence electrons. The lowest BCUT2D eigenvalue weighted by molar-refractivity contribution is 0.0919. The fourth-order valence-electron chi connectivity index (χ4n) is 2.84. The van der Waals surface area contributed by atoms with Gasteiger partial charge < -0.3 is 9.73 Å². The van der Waals surface area contributed by atoms with E-state index in [-0.39, 0.29) is 11.3 Å². The van der Waals surface area contributed by atoms with E-state index in [9.17, 15) is 4.79 Å². The molecule has 1 aliphatic carbocycles. The van der Waals surface area contributed by atoms with Crippen molar-refractivity contribution in [3.63, 3.8) is 0 Å². The highest BCUT2D eigenvalue weighted by molar-refractivity contribution is 6.18. The smallest absolute Gasteiger partial charge is 0.254 e. The molecule has 1 amide bonds. The zero-order valence-corrected chi connectivity index (χ0v) is 12.3. The van der Waals surface area contributed by atoms with E-state index in [1.807, 2.05) is 6.92 Å². The van der Waals surface area contributed by atoms with Crippen LogP contribution in [0.3, 0.4) is 0 Å². The Morgan fingerprint density at radius 2 is 2.16 bits per heavy atom. The summed E-state index contributed by atoms with van der Waals surface area (Å²) in [4.78, 5) is 12.2. The van der Waals surface area contributed by atoms with Gasteiger partial charge in [0.2, 0.25) is 0 Å². The van der Waals surface area contributed by atoms with E-state index in [1.165, 1.54) is 19.3 Å². The first-order chi connectivity index (χ1) is 9.21. The van der Waals surface area contributed by atoms with Crippen molar-refractivity contribution in [2.45, 2.75) is 45.4 Å². The Balaban J connectivity index is 1.95. The molecule has 1 aromatic heterocycles. The van der Waals surface area contributed by atoms with Crippen LogP contribution in [-0.4, -0.2) is 18.3 Å². The summed E-state index contributed by atoms with van der Waals surface area (Å²) < 4.78 is 5.29. The number of furan rings is 1. The molecule has 1 N–H and O–H groups in total. The number of aryl methyl sites for hydroxylation is 1. The van der Waals surface area contributed by atoms with Crippen LogP contribution in [0.5, 0.6) is 0 Å². The van der Waals surface area contributed by atoms with E-state index in [4.69, 9.17) is 16.0 Å². The Bertz CT molecular complexity index is 422. The standard InChI is InChI=1S/C15H22ClNO2/c1-2-13-12(6-9-19-13)14(18)17-11-15(10-16)7-4-3-5-8-15/h6,9H,2-5,7-8,10-11H2,1H3,(H,17,18). The van der Waals surface area contributed by atoms with Gasteiger partial charge in [0.15, 0.2) is 0 Å². The average Bonchev–Trinajstić information content (AvgIpc) is 2.94. The molecule has 0 radical (unpaired) electrons. The summed E-state index contributed by atoms with van der Waals surface area (Å²) in [6.07, 6.45) is 8.25. The van der Waals surface area contributed by atoms with Gasteiger partial charge in [0.1, 0.15) is 5.76 Å². The summed E-state index contributed by atoms with van der Waals surface area (Å²) >= 11 is 6.13. The molecule has 0 aromatic carbocycles. The first kappa shape index (κ1) is 14.4. The zero-order valence-electron chi connectivity index (χ0n) is 11.5. The number of carbonyl (C=O) groups is 1. The third kappa shape index (κ3) is 3.33. The minimum Gasteiger partial charge on any atom is -0.469 e. The molecule has 0 atom stereocenters. The van der Waals surface area contributed by atoms with Crippen molar-refractivity contribution >= 4 is 17.5 Å². The predicted molar refractivity (Wildman–Crippen MR) is 76.7 cm³/mol. The van der Waals surface area contributed by atoms with Crippen molar-refractivity contribution in [3.05, 3.63) is 23.7 Å². The number of nitrogens with one attached hydrogen (secondary N) is 1. The average molecular weight is 284 g/mol. The first-order valence-electron chi connectivity index (χ1n) is 7.11. The number of hydrogen-bond donors (Lipinski definition) is 1. The maximum atomic E-state index is 12.2. The molecule has 0 spiro atoms. The summed E-state index contributed by atoms with van der Waals surface area (Å²) in [6, 6.07) is 1.74. The van der Waals surface area contributed by atoms with Gasteiger partial charge in [-0.05, 0) is 18.9 Å². The first-order valence-corrected chi connectivity index (χ1v) is 7.65. The maximum absolute atomic E-state index is 12.2. The Labute approximate surface area is 119 Å². The quantitative estimate of drug-likeness (QED) is 0.836. The largest absolute Gasteiger partial charge is 0.469 e. The summed E-state index contributed by atoms with van der Waals surface area (Å²) in [5.74, 6) is 1.33. The minimum atomic E-state index is -0.0411. The second kappa shape index (κ2) is 6.47. The van der Waals surface area contributed by atoms with Crippen molar-refractivity contribution in [2.75, 3.05) is 12.4 Å². The van der Waals surface area contributed by atoms with Gasteiger partial charge in [0, 0.05) is 24.3 Å². The second-order valence-electron chi connectivity index (χ2n) is 5.49. The highest BCUT2D eigenvalue weighted by atomic mass is 35.5. The van der Waals surface area contributed by atoms with E-state index in [1.54, 1.807) is 12.3 Å². The van der Waals surface area contributed by atoms with Crippen LogP contribution >= 0.6 is 11.6 Å². The van der Waals surface area contributed by atoms with Gasteiger partial charge >= 0.3 is 0 Å². The summed E-state index contributed by atoms with van der Waals surface area (Å²) in [5.41, 5.74) is 0.744. The van der Waals surface area contributed by atoms with Gasteiger partial charge in [0.25, 0.3) is 5.91 Å². The van der Waals surface area contributed by atoms with Gasteiger partial charge in [-0.25, -0.2) is 0 Å². The van der Waals surface area contributed by atoms with Crippen LogP contribution in [0.25, 0.3) is 0 Å². The number of alkyl halides is 1. The zero-order chi connectivity index (χ0) is 13.7. The Morgan fingerprint density at radius 3 is 2.79 bits per heavy atom. The van der Waals surface area contributed by atoms with Crippen LogP contribution in [0.4, 0.5) is 0 Å². The van der Waals surface area contributed by atoms with Crippen LogP contribution in [-0.2, 0) is 6.42 Å². The molecular weight excluding hydrogens is 262 g/mol. The number of hydrogen-bond acceptors (Lipinski definition) is 2. The lowest BCUT2D eigenvalue weighted by Gasteiger charge is -2.35. The molecular formula is C15H22ClNO2. The van der Waals surface area contributed by atoms with E-state index < -0.39 is 0 Å². The molecule has 0 bridgehead atoms. The normalized spacial score (nSPS) is 18.2. The van der Waals surface area contributed by atoms with Crippen molar-refractivity contribution in [2.24, 2.45) is 5.41 Å². The fourth-order valence-corrected chi connectivity index (χ4v) is 3.20. The number of rotatable bonds is 5. The third-order valence-electron chi connectivity index (χ3n) is 4.13. The Morgan fingerprint density at radius 1 is 1.42 bits per heavy atom. The van der Waals surface area contributed by atoms with E-state index in [0.717, 1.165) is 25.0 Å². The SMILES string of the molecule is CCc1occc1C(=O)NCC1(CCl)CCCCC1. The fraction of sp³-hybridized carbons (Fsp3) is 0.667. The molecule has 3 nitrogen and oxygen atoms in total. The topological polar surface area (TPSA) is 42.2 Å². The van der Waals surface area contributed by atoms with Crippen LogP contribution in [0.15, 0.2) is 16.7 Å². The second-order valence-corrected chi connectivity index (χ2v) is 5.76. The van der Waals surface area contributed by atoms with Crippen molar-refractivity contribution in [1.82, 2.24) is 5.32 Å². The van der Waals surface area contributed by atoms with Crippen LogP contribution in [0.2, 0.25) is 0 Å². The molecule has 1 aliphatic rings. The number of amides is 1. The highest BCUT2D eigenvalue weighted by Crippen LogP contribution is 2.36. The molecule has 1 heterocycles. The Hall–Kier alpha value is -0.960. The lowest BCUT2D eigenvalue weighted by atomic mass is 9.75. The van der Waals surface area contributed by atoms with E-state index >= 15 is 0 Å². The van der Waals surface area contributed by atoms with E-state index in [0.29, 0.717) is 18.0 Å². The molecule has 1 aromatic rings. The van der Waals surface area contributed by atoms with Crippen LogP contribution in [0.1, 0.15) is 55.1 Å². The van der Waals surface area contributed by atoms with Crippen molar-refractivity contribution in [3.8, 4) is 0 Å². The maximum Gasteiger partial charge on any atom is 0.254 e. The van der Waals surface area contributed by atoms with Gasteiger partial charge in [-0.3, -0.25) is 4.79 Å². The number of halogens is 1. The molecule has 0 unspecified atom stereocenters. The Kier molecular flexibility index (Phi) is 4.92. The monoisotopic (exact) mass is 283 g/mol. The minimum absolute atomic E-state index is 0.0411. The molecule has 0 saturated heterocycles. The highest BCUT2D eigenvalue weighted by Gasteiger charge is 2.31. The van der Waals surface area contributed by atoms with Gasteiger partial charge in [-0.15, -0.1) is 11.6 Å². The van der Waals surface area contributed by atoms with E-state index in [2.05, 4.69) is 5.32 Å². The molecule has 1 saturated carbocycles. The van der Waals surface area contributed by atoms with Gasteiger partial charge in [0.05, 0.1) is 11.8 Å². The lowest BCUT2D eigenvalue weighted by Crippen LogP contribution is -2.40. The van der Waals surface area contributed by atoms with Gasteiger partial charge in [-0.2, -0.15) is 0 Å². The molecule has 4 heteroatoms.